The zero-order valence-electron chi connectivity index (χ0n) is 20.5. The van der Waals surface area contributed by atoms with Crippen molar-refractivity contribution in [2.75, 3.05) is 7.11 Å². The highest BCUT2D eigenvalue weighted by molar-refractivity contribution is 7.90. The number of carbonyl (C=O) groups excluding carboxylic acids is 1. The predicted octanol–water partition coefficient (Wildman–Crippen LogP) is 6.53. The van der Waals surface area contributed by atoms with Gasteiger partial charge in [0.1, 0.15) is 11.4 Å². The van der Waals surface area contributed by atoms with Gasteiger partial charge in [0.15, 0.2) is 5.69 Å². The Morgan fingerprint density at radius 3 is 2.14 bits per heavy atom. The number of halogens is 3. The molecule has 0 aliphatic heterocycles. The van der Waals surface area contributed by atoms with Gasteiger partial charge in [-0.05, 0) is 62.7 Å². The number of ether oxygens (including phenoxy) is 2. The van der Waals surface area contributed by atoms with E-state index in [9.17, 15) is 26.4 Å². The van der Waals surface area contributed by atoms with Crippen molar-refractivity contribution in [2.45, 2.75) is 37.4 Å². The largest absolute Gasteiger partial charge is 0.497 e. The molecular weight excluding hydrogens is 507 g/mol. The minimum atomic E-state index is -4.76. The minimum absolute atomic E-state index is 0.117. The van der Waals surface area contributed by atoms with Crippen LogP contribution in [0.4, 0.5) is 13.2 Å². The van der Waals surface area contributed by atoms with Gasteiger partial charge in [-0.1, -0.05) is 36.4 Å². The van der Waals surface area contributed by atoms with E-state index in [0.29, 0.717) is 22.8 Å². The van der Waals surface area contributed by atoms with Crippen molar-refractivity contribution in [3.05, 3.63) is 84.1 Å². The lowest BCUT2D eigenvalue weighted by atomic mass is 10.0. The zero-order valence-corrected chi connectivity index (χ0v) is 21.3. The molecule has 10 heteroatoms. The van der Waals surface area contributed by atoms with Gasteiger partial charge >= 0.3 is 12.1 Å². The number of hydrogen-bond donors (Lipinski definition) is 0. The normalized spacial score (nSPS) is 12.5. The first-order chi connectivity index (χ1) is 17.2. The fourth-order valence-electron chi connectivity index (χ4n) is 3.96. The molecule has 0 bridgehead atoms. The average molecular weight is 532 g/mol. The quantitative estimate of drug-likeness (QED) is 0.274. The standard InChI is InChI=1S/C27H24F3NO5S/c1-26(2,3)36-25(32)24-23(17-12-14-19(35-4)15-13-17)21-10-5-6-11-22(21)31(24)37(33,34)20-9-7-8-18(16-20)27(28,29)30/h5-16H,1-4H3. The smallest absolute Gasteiger partial charge is 0.416 e. The molecule has 37 heavy (non-hydrogen) atoms. The van der Waals surface area contributed by atoms with Gasteiger partial charge in [0.05, 0.1) is 23.1 Å². The molecule has 0 saturated carbocycles. The van der Waals surface area contributed by atoms with Gasteiger partial charge in [0, 0.05) is 10.9 Å². The summed E-state index contributed by atoms with van der Waals surface area (Å²) < 4.78 is 79.6. The third-order valence-electron chi connectivity index (χ3n) is 5.50. The topological polar surface area (TPSA) is 74.6 Å². The monoisotopic (exact) mass is 531 g/mol. The summed E-state index contributed by atoms with van der Waals surface area (Å²) in [5.41, 5.74) is -1.54. The minimum Gasteiger partial charge on any atom is -0.497 e. The van der Waals surface area contributed by atoms with E-state index in [1.165, 1.54) is 13.2 Å². The molecule has 0 aliphatic carbocycles. The molecule has 4 aromatic rings. The molecule has 1 aromatic heterocycles. The van der Waals surface area contributed by atoms with E-state index >= 15 is 0 Å². The van der Waals surface area contributed by atoms with Crippen molar-refractivity contribution >= 4 is 26.9 Å². The van der Waals surface area contributed by atoms with Crippen molar-refractivity contribution in [3.8, 4) is 16.9 Å². The molecule has 4 rings (SSSR count). The third-order valence-corrected chi connectivity index (χ3v) is 7.21. The van der Waals surface area contributed by atoms with Crippen molar-refractivity contribution < 1.29 is 35.9 Å². The van der Waals surface area contributed by atoms with E-state index in [4.69, 9.17) is 9.47 Å². The molecule has 0 radical (unpaired) electrons. The number of benzene rings is 3. The van der Waals surface area contributed by atoms with Crippen LogP contribution in [0.15, 0.2) is 77.7 Å². The van der Waals surface area contributed by atoms with Crippen molar-refractivity contribution in [2.24, 2.45) is 0 Å². The number of nitrogens with zero attached hydrogens (tertiary/aromatic N) is 1. The number of hydrogen-bond acceptors (Lipinski definition) is 5. The van der Waals surface area contributed by atoms with E-state index in [0.717, 1.165) is 22.2 Å². The highest BCUT2D eigenvalue weighted by atomic mass is 32.2. The van der Waals surface area contributed by atoms with Crippen LogP contribution < -0.4 is 4.74 Å². The van der Waals surface area contributed by atoms with Crippen molar-refractivity contribution in [3.63, 3.8) is 0 Å². The first-order valence-corrected chi connectivity index (χ1v) is 12.6. The summed E-state index contributed by atoms with van der Waals surface area (Å²) >= 11 is 0. The molecule has 1 heterocycles. The number of esters is 1. The summed E-state index contributed by atoms with van der Waals surface area (Å²) in [4.78, 5) is 12.9. The van der Waals surface area contributed by atoms with E-state index < -0.39 is 38.2 Å². The molecule has 0 spiro atoms. The number of aromatic nitrogens is 1. The van der Waals surface area contributed by atoms with Crippen LogP contribution in [-0.2, 0) is 20.9 Å². The number of para-hydroxylation sites is 1. The first-order valence-electron chi connectivity index (χ1n) is 11.2. The van der Waals surface area contributed by atoms with Crippen molar-refractivity contribution in [1.29, 1.82) is 0 Å². The second-order valence-electron chi connectivity index (χ2n) is 9.27. The van der Waals surface area contributed by atoms with E-state index in [-0.39, 0.29) is 16.8 Å². The second-order valence-corrected chi connectivity index (χ2v) is 11.1. The van der Waals surface area contributed by atoms with Gasteiger partial charge in [-0.25, -0.2) is 17.2 Å². The van der Waals surface area contributed by atoms with Gasteiger partial charge in [0.2, 0.25) is 0 Å². The van der Waals surface area contributed by atoms with Gasteiger partial charge in [-0.3, -0.25) is 0 Å². The summed E-state index contributed by atoms with van der Waals surface area (Å²) in [6.45, 7) is 4.89. The van der Waals surface area contributed by atoms with E-state index in [2.05, 4.69) is 0 Å². The first kappa shape index (κ1) is 26.3. The molecule has 0 aliphatic rings. The SMILES string of the molecule is COc1ccc(-c2c(C(=O)OC(C)(C)C)n(S(=O)(=O)c3cccc(C(F)(F)F)c3)c3ccccc23)cc1. The van der Waals surface area contributed by atoms with Gasteiger partial charge in [0.25, 0.3) is 10.0 Å². The Morgan fingerprint density at radius 2 is 1.54 bits per heavy atom. The molecular formula is C27H24F3NO5S. The van der Waals surface area contributed by atoms with Gasteiger partial charge in [-0.2, -0.15) is 13.2 Å². The Balaban J connectivity index is 2.09. The molecule has 0 atom stereocenters. The number of fused-ring (bicyclic) bond motifs is 1. The maximum Gasteiger partial charge on any atom is 0.416 e. The Hall–Kier alpha value is -3.79. The lowest BCUT2D eigenvalue weighted by molar-refractivity contribution is -0.137. The Kier molecular flexibility index (Phi) is 6.58. The van der Waals surface area contributed by atoms with Gasteiger partial charge < -0.3 is 9.47 Å². The Bertz CT molecular complexity index is 1580. The summed E-state index contributed by atoms with van der Waals surface area (Å²) in [6.07, 6.45) is -4.76. The third kappa shape index (κ3) is 5.06. The lowest BCUT2D eigenvalue weighted by Crippen LogP contribution is -2.27. The summed E-state index contributed by atoms with van der Waals surface area (Å²) in [5, 5.41) is 0.407. The number of methoxy groups -OCH3 is 1. The van der Waals surface area contributed by atoms with Gasteiger partial charge in [-0.15, -0.1) is 0 Å². The molecule has 0 amide bonds. The number of rotatable bonds is 5. The van der Waals surface area contributed by atoms with Crippen molar-refractivity contribution in [1.82, 2.24) is 3.97 Å². The van der Waals surface area contributed by atoms with Crippen LogP contribution in [0.25, 0.3) is 22.0 Å². The molecule has 194 valence electrons. The van der Waals surface area contributed by atoms with Crippen LogP contribution in [0.3, 0.4) is 0 Å². The fourth-order valence-corrected chi connectivity index (χ4v) is 5.52. The number of carbonyl (C=O) groups is 1. The van der Waals surface area contributed by atoms with E-state index in [1.54, 1.807) is 63.2 Å². The lowest BCUT2D eigenvalue weighted by Gasteiger charge is -2.21. The zero-order chi connectivity index (χ0) is 27.2. The molecule has 0 saturated heterocycles. The summed E-state index contributed by atoms with van der Waals surface area (Å²) in [7, 11) is -3.19. The number of alkyl halides is 3. The second kappa shape index (κ2) is 9.26. The molecule has 6 nitrogen and oxygen atoms in total. The average Bonchev–Trinajstić information content (AvgIpc) is 3.19. The summed E-state index contributed by atoms with van der Waals surface area (Å²) in [6, 6.07) is 16.4. The van der Waals surface area contributed by atoms with Crippen LogP contribution >= 0.6 is 0 Å². The maximum atomic E-state index is 13.9. The van der Waals surface area contributed by atoms with Crippen LogP contribution in [0.2, 0.25) is 0 Å². The molecule has 0 N–H and O–H groups in total. The fraction of sp³-hybridized carbons (Fsp3) is 0.222. The Morgan fingerprint density at radius 1 is 0.892 bits per heavy atom. The summed E-state index contributed by atoms with van der Waals surface area (Å²) in [5.74, 6) is -0.395. The highest BCUT2D eigenvalue weighted by Gasteiger charge is 2.36. The maximum absolute atomic E-state index is 13.9. The van der Waals surface area contributed by atoms with E-state index in [1.807, 2.05) is 0 Å². The van der Waals surface area contributed by atoms with Crippen LogP contribution in [0.1, 0.15) is 36.8 Å². The molecule has 0 unspecified atom stereocenters. The Labute approximate surface area is 212 Å². The molecule has 0 fully saturated rings. The van der Waals surface area contributed by atoms with Crippen LogP contribution in [-0.4, -0.2) is 31.1 Å². The van der Waals surface area contributed by atoms with Crippen LogP contribution in [0.5, 0.6) is 5.75 Å². The molecule has 3 aromatic carbocycles. The predicted molar refractivity (Wildman–Crippen MR) is 133 cm³/mol. The van der Waals surface area contributed by atoms with Crippen LogP contribution in [0, 0.1) is 0 Å². The highest BCUT2D eigenvalue weighted by Crippen LogP contribution is 2.39.